The maximum atomic E-state index is 13.1. The van der Waals surface area contributed by atoms with Crippen molar-refractivity contribution in [1.29, 1.82) is 0 Å². The lowest BCUT2D eigenvalue weighted by atomic mass is 10.0. The van der Waals surface area contributed by atoms with Gasteiger partial charge in [0, 0.05) is 30.0 Å². The fourth-order valence-electron chi connectivity index (χ4n) is 4.50. The number of aromatic nitrogens is 3. The van der Waals surface area contributed by atoms with Crippen LogP contribution in [0.2, 0.25) is 0 Å². The monoisotopic (exact) mass is 388 g/mol. The lowest BCUT2D eigenvalue weighted by molar-refractivity contribution is 0.0690. The first-order chi connectivity index (χ1) is 14.0. The van der Waals surface area contributed by atoms with E-state index in [0.29, 0.717) is 18.8 Å². The Morgan fingerprint density at radius 3 is 2.59 bits per heavy atom. The maximum absolute atomic E-state index is 13.1. The van der Waals surface area contributed by atoms with Gasteiger partial charge in [0.2, 0.25) is 0 Å². The Morgan fingerprint density at radius 2 is 1.79 bits per heavy atom. The standard InChI is InChI=1S/C23H24N4O2/c1-14-7-8-16-13-19(24-21(16)15(14)2)22(28)26-11-9-17(10-12-26)27-20-6-4-3-5-18(20)25-23(27)29/h3-8,13,17,24H,9-12H2,1-2H3,(H,25,29). The summed E-state index contributed by atoms with van der Waals surface area (Å²) in [5, 5.41) is 1.07. The third kappa shape index (κ3) is 2.87. The van der Waals surface area contributed by atoms with E-state index in [2.05, 4.69) is 35.9 Å². The highest BCUT2D eigenvalue weighted by atomic mass is 16.2. The highest BCUT2D eigenvalue weighted by molar-refractivity contribution is 5.99. The first-order valence-electron chi connectivity index (χ1n) is 10.1. The van der Waals surface area contributed by atoms with Gasteiger partial charge in [-0.1, -0.05) is 24.3 Å². The van der Waals surface area contributed by atoms with E-state index in [1.165, 1.54) is 11.1 Å². The summed E-state index contributed by atoms with van der Waals surface area (Å²) in [6.45, 7) is 5.44. The number of amides is 1. The van der Waals surface area contributed by atoms with E-state index < -0.39 is 0 Å². The summed E-state index contributed by atoms with van der Waals surface area (Å²) in [6.07, 6.45) is 1.54. The van der Waals surface area contributed by atoms with Crippen LogP contribution in [0.5, 0.6) is 0 Å². The van der Waals surface area contributed by atoms with Crippen molar-refractivity contribution in [3.63, 3.8) is 0 Å². The van der Waals surface area contributed by atoms with Gasteiger partial charge in [-0.25, -0.2) is 4.79 Å². The zero-order valence-corrected chi connectivity index (χ0v) is 16.7. The second-order valence-electron chi connectivity index (χ2n) is 8.00. The number of hydrogen-bond acceptors (Lipinski definition) is 2. The van der Waals surface area contributed by atoms with E-state index >= 15 is 0 Å². The number of nitrogens with zero attached hydrogens (tertiary/aromatic N) is 2. The van der Waals surface area contributed by atoms with Crippen molar-refractivity contribution in [3.05, 3.63) is 69.8 Å². The number of hydrogen-bond donors (Lipinski definition) is 2. The van der Waals surface area contributed by atoms with Crippen molar-refractivity contribution in [1.82, 2.24) is 19.4 Å². The summed E-state index contributed by atoms with van der Waals surface area (Å²) in [4.78, 5) is 33.7. The Morgan fingerprint density at radius 1 is 1.03 bits per heavy atom. The highest BCUT2D eigenvalue weighted by Gasteiger charge is 2.27. The molecule has 4 aromatic rings. The first-order valence-corrected chi connectivity index (χ1v) is 10.1. The Hall–Kier alpha value is -3.28. The predicted molar refractivity (Wildman–Crippen MR) is 115 cm³/mol. The zero-order valence-electron chi connectivity index (χ0n) is 16.7. The van der Waals surface area contributed by atoms with Crippen LogP contribution in [0.4, 0.5) is 0 Å². The molecule has 0 atom stereocenters. The van der Waals surface area contributed by atoms with Gasteiger partial charge in [-0.15, -0.1) is 0 Å². The van der Waals surface area contributed by atoms with Crippen LogP contribution in [0.3, 0.4) is 0 Å². The first kappa shape index (κ1) is 17.8. The molecule has 3 heterocycles. The van der Waals surface area contributed by atoms with Gasteiger partial charge in [-0.05, 0) is 56.0 Å². The van der Waals surface area contributed by atoms with Crippen LogP contribution < -0.4 is 5.69 Å². The van der Waals surface area contributed by atoms with Crippen molar-refractivity contribution >= 4 is 27.8 Å². The van der Waals surface area contributed by atoms with Crippen LogP contribution in [-0.4, -0.2) is 38.4 Å². The number of para-hydroxylation sites is 2. The quantitative estimate of drug-likeness (QED) is 0.546. The van der Waals surface area contributed by atoms with Crippen LogP contribution in [0.1, 0.15) is 40.5 Å². The smallest absolute Gasteiger partial charge is 0.326 e. The summed E-state index contributed by atoms with van der Waals surface area (Å²) >= 11 is 0. The van der Waals surface area contributed by atoms with E-state index in [4.69, 9.17) is 0 Å². The van der Waals surface area contributed by atoms with Gasteiger partial charge in [0.25, 0.3) is 5.91 Å². The highest BCUT2D eigenvalue weighted by Crippen LogP contribution is 2.27. The average molecular weight is 388 g/mol. The van der Waals surface area contributed by atoms with Crippen LogP contribution >= 0.6 is 0 Å². The van der Waals surface area contributed by atoms with Crippen molar-refractivity contribution in [2.75, 3.05) is 13.1 Å². The van der Waals surface area contributed by atoms with Gasteiger partial charge in [0.15, 0.2) is 0 Å². The van der Waals surface area contributed by atoms with Crippen molar-refractivity contribution in [2.45, 2.75) is 32.7 Å². The van der Waals surface area contributed by atoms with Gasteiger partial charge >= 0.3 is 5.69 Å². The fourth-order valence-corrected chi connectivity index (χ4v) is 4.50. The SMILES string of the molecule is Cc1ccc2cc(C(=O)N3CCC(n4c(=O)[nH]c5ccccc54)CC3)[nH]c2c1C. The van der Waals surface area contributed by atoms with Gasteiger partial charge in [0.05, 0.1) is 11.0 Å². The fraction of sp³-hybridized carbons (Fsp3) is 0.304. The summed E-state index contributed by atoms with van der Waals surface area (Å²) in [6, 6.07) is 14.0. The molecule has 2 aromatic heterocycles. The molecule has 1 amide bonds. The molecule has 0 radical (unpaired) electrons. The van der Waals surface area contributed by atoms with Gasteiger partial charge in [-0.3, -0.25) is 9.36 Å². The molecule has 5 rings (SSSR count). The number of benzene rings is 2. The third-order valence-electron chi connectivity index (χ3n) is 6.30. The number of rotatable bonds is 2. The number of carbonyl (C=O) groups is 1. The molecule has 0 bridgehead atoms. The number of piperidine rings is 1. The molecule has 0 aliphatic carbocycles. The molecule has 2 aromatic carbocycles. The number of likely N-dealkylation sites (tertiary alicyclic amines) is 1. The van der Waals surface area contributed by atoms with Crippen LogP contribution in [0.15, 0.2) is 47.3 Å². The number of aromatic amines is 2. The van der Waals surface area contributed by atoms with Crippen molar-refractivity contribution in [3.8, 4) is 0 Å². The van der Waals surface area contributed by atoms with Gasteiger partial charge in [-0.2, -0.15) is 0 Å². The molecular formula is C23H24N4O2. The minimum atomic E-state index is -0.0718. The minimum absolute atomic E-state index is 0.0305. The molecule has 2 N–H and O–H groups in total. The summed E-state index contributed by atoms with van der Waals surface area (Å²) in [5.41, 5.74) is 5.79. The number of nitrogens with one attached hydrogen (secondary N) is 2. The van der Waals surface area contributed by atoms with E-state index in [1.54, 1.807) is 0 Å². The Labute approximate surface area is 168 Å². The molecular weight excluding hydrogens is 364 g/mol. The largest absolute Gasteiger partial charge is 0.350 e. The lowest BCUT2D eigenvalue weighted by Crippen LogP contribution is -2.40. The molecule has 1 aliphatic rings. The number of aryl methyl sites for hydroxylation is 2. The van der Waals surface area contributed by atoms with E-state index in [9.17, 15) is 9.59 Å². The Kier molecular flexibility index (Phi) is 4.08. The molecule has 1 fully saturated rings. The van der Waals surface area contributed by atoms with E-state index in [0.717, 1.165) is 34.8 Å². The van der Waals surface area contributed by atoms with Crippen LogP contribution in [-0.2, 0) is 0 Å². The maximum Gasteiger partial charge on any atom is 0.326 e. The molecule has 0 unspecified atom stereocenters. The molecule has 6 nitrogen and oxygen atoms in total. The number of H-pyrrole nitrogens is 2. The van der Waals surface area contributed by atoms with Crippen molar-refractivity contribution in [2.24, 2.45) is 0 Å². The molecule has 29 heavy (non-hydrogen) atoms. The molecule has 0 spiro atoms. The topological polar surface area (TPSA) is 73.9 Å². The number of imidazole rings is 1. The van der Waals surface area contributed by atoms with Crippen LogP contribution in [0.25, 0.3) is 21.9 Å². The average Bonchev–Trinajstić information content (AvgIpc) is 3.31. The molecule has 0 saturated carbocycles. The summed E-state index contributed by atoms with van der Waals surface area (Å²) in [7, 11) is 0. The second kappa shape index (κ2) is 6.65. The molecule has 1 aliphatic heterocycles. The zero-order chi connectivity index (χ0) is 20.1. The number of fused-ring (bicyclic) bond motifs is 2. The Balaban J connectivity index is 1.36. The third-order valence-corrected chi connectivity index (χ3v) is 6.30. The summed E-state index contributed by atoms with van der Waals surface area (Å²) < 4.78 is 1.85. The van der Waals surface area contributed by atoms with Gasteiger partial charge < -0.3 is 14.9 Å². The normalized spacial score (nSPS) is 15.4. The molecule has 1 saturated heterocycles. The molecule has 6 heteroatoms. The summed E-state index contributed by atoms with van der Waals surface area (Å²) in [5.74, 6) is 0.0305. The van der Waals surface area contributed by atoms with E-state index in [1.807, 2.05) is 39.8 Å². The Bertz CT molecular complexity index is 1290. The second-order valence-corrected chi connectivity index (χ2v) is 8.00. The number of carbonyl (C=O) groups excluding carboxylic acids is 1. The minimum Gasteiger partial charge on any atom is -0.350 e. The van der Waals surface area contributed by atoms with Crippen LogP contribution in [0, 0.1) is 13.8 Å². The van der Waals surface area contributed by atoms with Gasteiger partial charge in [0.1, 0.15) is 5.69 Å². The predicted octanol–water partition coefficient (Wildman–Crippen LogP) is 3.91. The van der Waals surface area contributed by atoms with Crippen molar-refractivity contribution < 1.29 is 4.79 Å². The lowest BCUT2D eigenvalue weighted by Gasteiger charge is -2.32. The molecule has 148 valence electrons. The van der Waals surface area contributed by atoms with E-state index in [-0.39, 0.29) is 17.6 Å².